The van der Waals surface area contributed by atoms with E-state index < -0.39 is 74.6 Å². The van der Waals surface area contributed by atoms with Crippen LogP contribution in [0.3, 0.4) is 0 Å². The summed E-state index contributed by atoms with van der Waals surface area (Å²) in [5.41, 5.74) is -6.80. The minimum atomic E-state index is -0.988. The van der Waals surface area contributed by atoms with Gasteiger partial charge in [0.25, 0.3) is 0 Å². The van der Waals surface area contributed by atoms with E-state index in [1.165, 1.54) is 0 Å². The van der Waals surface area contributed by atoms with Crippen LogP contribution in [0.5, 0.6) is 0 Å². The Hall–Kier alpha value is -2.52. The highest BCUT2D eigenvalue weighted by molar-refractivity contribution is 6.62. The summed E-state index contributed by atoms with van der Waals surface area (Å²) in [5, 5.41) is 0. The zero-order valence-corrected chi connectivity index (χ0v) is 61.3. The topological polar surface area (TPSA) is 378 Å². The normalized spacial score (nSPS) is 13.2. The van der Waals surface area contributed by atoms with Gasteiger partial charge in [0.2, 0.25) is 0 Å². The highest BCUT2D eigenvalue weighted by Gasteiger charge is 2.21. The van der Waals surface area contributed by atoms with Crippen molar-refractivity contribution in [2.45, 2.75) is 50.0 Å². The van der Waals surface area contributed by atoms with Crippen molar-refractivity contribution in [3.05, 3.63) is 0 Å². The van der Waals surface area contributed by atoms with Gasteiger partial charge < -0.3 is 133 Å². The molecule has 100 heavy (non-hydrogen) atoms. The highest BCUT2D eigenvalue weighted by Crippen LogP contribution is 2.08. The van der Waals surface area contributed by atoms with Gasteiger partial charge in [0.1, 0.15) is 82.9 Å². The molecule has 6 unspecified atom stereocenters. The molecule has 0 radical (unpaired) electrons. The first-order chi connectivity index (χ1) is 48.5. The van der Waals surface area contributed by atoms with Gasteiger partial charge in [-0.3, -0.25) is 0 Å². The van der Waals surface area contributed by atoms with E-state index in [0.29, 0.717) is 19.8 Å². The highest BCUT2D eigenvalue weighted by atomic mass is 35.5. The Kier molecular flexibility index (Phi) is 72.9. The molecule has 42 heteroatoms. The lowest BCUT2D eigenvalue weighted by Gasteiger charge is -2.24. The molecule has 0 aliphatic rings. The second-order valence-corrected chi connectivity index (χ2v) is 21.5. The fraction of sp³-hybridized carbons (Fsp3) is 0.879. The van der Waals surface area contributed by atoms with E-state index in [0.717, 1.165) is 6.42 Å². The van der Waals surface area contributed by atoms with E-state index in [-0.39, 0.29) is 264 Å². The van der Waals surface area contributed by atoms with Crippen LogP contribution in [0.4, 0.5) is 33.6 Å². The lowest BCUT2D eigenvalue weighted by Crippen LogP contribution is -2.36. The fourth-order valence-electron chi connectivity index (χ4n) is 7.05. The maximum atomic E-state index is 11.1. The number of ether oxygens (including phenoxy) is 28. The second kappa shape index (κ2) is 74.7. The molecule has 0 rings (SSSR count). The van der Waals surface area contributed by atoms with E-state index in [1.54, 1.807) is 0 Å². The molecule has 0 amide bonds. The molecule has 0 spiro atoms. The SMILES string of the molecule is CCCOCCOCC(COCC(COCC(COCC(COCC(COCC(COCCOCCOC(=O)Cl)OCCOCCOC(=O)Cl)OCCOCCOC(=O)Cl)OCCOCCOC(=O)Cl)OCCOCCOC(=O)Cl)OCCOCCOC(=O)Cl)OCCOCCOC(=O)Cl. The summed E-state index contributed by atoms with van der Waals surface area (Å²) in [5.74, 6) is 0. The molecule has 35 nitrogen and oxygen atoms in total. The molecule has 6 atom stereocenters. The molecule has 0 aromatic heterocycles. The quantitative estimate of drug-likeness (QED) is 0.0352. The lowest BCUT2D eigenvalue weighted by atomic mass is 10.3. The zero-order chi connectivity index (χ0) is 73.4. The fourth-order valence-corrected chi connectivity index (χ4v) is 7.59. The van der Waals surface area contributed by atoms with Gasteiger partial charge in [0.05, 0.1) is 231 Å². The van der Waals surface area contributed by atoms with Crippen molar-refractivity contribution in [3.63, 3.8) is 0 Å². The number of halogens is 7. The van der Waals surface area contributed by atoms with Gasteiger partial charge in [0.15, 0.2) is 0 Å². The van der Waals surface area contributed by atoms with Crippen LogP contribution in [0.25, 0.3) is 0 Å². The first-order valence-electron chi connectivity index (χ1n) is 31.6. The third-order valence-corrected chi connectivity index (χ3v) is 12.1. The summed E-state index contributed by atoms with van der Waals surface area (Å²) < 4.78 is 156. The van der Waals surface area contributed by atoms with Crippen molar-refractivity contribution in [2.75, 3.05) is 284 Å². The van der Waals surface area contributed by atoms with Crippen molar-refractivity contribution in [1.29, 1.82) is 0 Å². The molecule has 0 heterocycles. The Labute approximate surface area is 616 Å². The first kappa shape index (κ1) is 97.5. The molecule has 0 bridgehead atoms. The summed E-state index contributed by atoms with van der Waals surface area (Å²) in [6, 6.07) is 0. The van der Waals surface area contributed by atoms with Crippen LogP contribution in [0, 0.1) is 0 Å². The molecule has 0 aliphatic heterocycles. The minimum absolute atomic E-state index is 0.00195. The van der Waals surface area contributed by atoms with Crippen LogP contribution in [0.2, 0.25) is 0 Å². The lowest BCUT2D eigenvalue weighted by molar-refractivity contribution is -0.131. The second-order valence-electron chi connectivity index (χ2n) is 19.3. The van der Waals surface area contributed by atoms with Crippen LogP contribution in [0.1, 0.15) is 13.3 Å². The molecular weight excluding hydrogens is 1500 g/mol. The van der Waals surface area contributed by atoms with Crippen LogP contribution < -0.4 is 0 Å². The number of carbonyl (C=O) groups is 7. The van der Waals surface area contributed by atoms with Gasteiger partial charge in [-0.05, 0) is 6.42 Å². The monoisotopic (exact) mass is 1600 g/mol. The Morgan fingerprint density at radius 3 is 0.470 bits per heavy atom. The van der Waals surface area contributed by atoms with E-state index >= 15 is 0 Å². The first-order valence-corrected chi connectivity index (χ1v) is 34.3. The number of hydrogen-bond acceptors (Lipinski definition) is 35. The number of carbonyl (C=O) groups excluding carboxylic acids is 7. The van der Waals surface area contributed by atoms with Gasteiger partial charge in [0, 0.05) is 87.8 Å². The molecule has 0 saturated heterocycles. The Morgan fingerprint density at radius 2 is 0.310 bits per heavy atom. The Morgan fingerprint density at radius 1 is 0.180 bits per heavy atom. The van der Waals surface area contributed by atoms with Crippen molar-refractivity contribution in [1.82, 2.24) is 0 Å². The van der Waals surface area contributed by atoms with Crippen molar-refractivity contribution in [2.24, 2.45) is 0 Å². The molecule has 0 aliphatic carbocycles. The van der Waals surface area contributed by atoms with Gasteiger partial charge in [-0.2, -0.15) is 0 Å². The van der Waals surface area contributed by atoms with Crippen molar-refractivity contribution in [3.8, 4) is 0 Å². The van der Waals surface area contributed by atoms with Gasteiger partial charge >= 0.3 is 38.0 Å². The molecule has 0 saturated carbocycles. The third-order valence-electron chi connectivity index (χ3n) is 11.3. The maximum Gasteiger partial charge on any atom is 0.403 e. The summed E-state index contributed by atoms with van der Waals surface area (Å²) in [7, 11) is 0. The summed E-state index contributed by atoms with van der Waals surface area (Å²) in [6.07, 6.45) is -3.27. The predicted molar refractivity (Wildman–Crippen MR) is 351 cm³/mol. The molecule has 0 aromatic rings. The molecular formula is C58H97Cl7O35. The largest absolute Gasteiger partial charge is 0.451 e. The molecule has 588 valence electrons. The molecule has 0 N–H and O–H groups in total. The van der Waals surface area contributed by atoms with Crippen LogP contribution in [-0.2, 0) is 133 Å². The van der Waals surface area contributed by atoms with Crippen molar-refractivity contribution >= 4 is 119 Å². The van der Waals surface area contributed by atoms with E-state index in [4.69, 9.17) is 200 Å². The van der Waals surface area contributed by atoms with Gasteiger partial charge in [-0.25, -0.2) is 33.6 Å². The maximum absolute atomic E-state index is 11.1. The summed E-state index contributed by atoms with van der Waals surface area (Å²) in [4.78, 5) is 76.8. The Balaban J connectivity index is 6.42. The predicted octanol–water partition coefficient (Wildman–Crippen LogP) is 6.58. The van der Waals surface area contributed by atoms with Gasteiger partial charge in [-0.1, -0.05) is 6.92 Å². The standard InChI is InChI=1S/C58H97Cl7O35/c1-2-3-73-4-6-81-34-46(88-21-8-75-15-28-95-53(60)67)36-83-38-48(90-23-10-77-17-30-97-55(62)69)40-85-42-50(92-25-12-79-19-32-99-57(64)71)44-87-45-51(93-26-13-80-20-33-100-58(65)72)43-86-41-49(91-24-11-78-18-31-98-56(63)70)39-84-37-47(89-22-9-76-16-29-96-54(61)68)35-82-7-5-74-14-27-94-52(59)66/h46-51H,2-45H2,1H3. The van der Waals surface area contributed by atoms with Crippen LogP contribution in [-0.4, -0.2) is 359 Å². The zero-order valence-electron chi connectivity index (χ0n) is 56.0. The average Bonchev–Trinajstić information content (AvgIpc) is 1.21. The van der Waals surface area contributed by atoms with E-state index in [1.807, 2.05) is 6.92 Å². The summed E-state index contributed by atoms with van der Waals surface area (Å²) >= 11 is 36.7. The van der Waals surface area contributed by atoms with Gasteiger partial charge in [-0.15, -0.1) is 0 Å². The smallest absolute Gasteiger partial charge is 0.403 e. The van der Waals surface area contributed by atoms with Crippen molar-refractivity contribution < 1.29 is 166 Å². The van der Waals surface area contributed by atoms with Crippen LogP contribution >= 0.6 is 81.2 Å². The van der Waals surface area contributed by atoms with E-state index in [9.17, 15) is 33.6 Å². The molecule has 0 aromatic carbocycles. The minimum Gasteiger partial charge on any atom is -0.451 e. The third kappa shape index (κ3) is 75.2. The number of hydrogen-bond donors (Lipinski definition) is 0. The number of rotatable bonds is 77. The van der Waals surface area contributed by atoms with Crippen LogP contribution in [0.15, 0.2) is 0 Å². The Bertz CT molecular complexity index is 1960. The summed E-state index contributed by atoms with van der Waals surface area (Å²) in [6.45, 7) is 4.35. The molecule has 0 fully saturated rings. The average molecular weight is 1600 g/mol. The van der Waals surface area contributed by atoms with E-state index in [2.05, 4.69) is 14.2 Å².